The van der Waals surface area contributed by atoms with Gasteiger partial charge in [0.25, 0.3) is 0 Å². The molecule has 5 heteroatoms. The average Bonchev–Trinajstić information content (AvgIpc) is 2.94. The van der Waals surface area contributed by atoms with Crippen LogP contribution in [0.3, 0.4) is 0 Å². The molecular formula is C11H15N3O2. The molecule has 0 amide bonds. The number of hydrogen-bond acceptors (Lipinski definition) is 5. The molecular weight excluding hydrogens is 206 g/mol. The number of aromatic nitrogens is 2. The summed E-state index contributed by atoms with van der Waals surface area (Å²) in [4.78, 5) is 4.33. The topological polar surface area (TPSA) is 64.1 Å². The van der Waals surface area contributed by atoms with Crippen LogP contribution >= 0.6 is 0 Å². The maximum absolute atomic E-state index is 5.20. The third-order valence-electron chi connectivity index (χ3n) is 2.34. The summed E-state index contributed by atoms with van der Waals surface area (Å²) in [5.41, 5.74) is 0.839. The highest BCUT2D eigenvalue weighted by Gasteiger charge is 2.15. The van der Waals surface area contributed by atoms with E-state index in [-0.39, 0.29) is 5.92 Å². The first-order valence-corrected chi connectivity index (χ1v) is 5.38. The van der Waals surface area contributed by atoms with Crippen LogP contribution in [0.15, 0.2) is 27.5 Å². The SMILES string of the molecule is CCNCC(C)c1nc(-c2ccoc2)no1. The average molecular weight is 221 g/mol. The molecule has 86 valence electrons. The van der Waals surface area contributed by atoms with Gasteiger partial charge in [-0.05, 0) is 12.6 Å². The lowest BCUT2D eigenvalue weighted by molar-refractivity contribution is 0.355. The van der Waals surface area contributed by atoms with Gasteiger partial charge in [-0.25, -0.2) is 0 Å². The smallest absolute Gasteiger partial charge is 0.231 e. The lowest BCUT2D eigenvalue weighted by Gasteiger charge is -2.05. The van der Waals surface area contributed by atoms with Crippen LogP contribution in [0.4, 0.5) is 0 Å². The van der Waals surface area contributed by atoms with Gasteiger partial charge in [0.2, 0.25) is 11.7 Å². The van der Waals surface area contributed by atoms with E-state index in [0.717, 1.165) is 18.7 Å². The van der Waals surface area contributed by atoms with Crippen LogP contribution in [0, 0.1) is 0 Å². The van der Waals surface area contributed by atoms with Crippen LogP contribution in [0.2, 0.25) is 0 Å². The van der Waals surface area contributed by atoms with Gasteiger partial charge in [-0.15, -0.1) is 0 Å². The van der Waals surface area contributed by atoms with Gasteiger partial charge in [0, 0.05) is 12.5 Å². The molecule has 2 aromatic rings. The van der Waals surface area contributed by atoms with Gasteiger partial charge in [0.1, 0.15) is 6.26 Å². The van der Waals surface area contributed by atoms with E-state index in [0.29, 0.717) is 11.7 Å². The monoisotopic (exact) mass is 221 g/mol. The standard InChI is InChI=1S/C11H15N3O2/c1-3-12-6-8(2)11-13-10(14-16-11)9-4-5-15-7-9/h4-5,7-8,12H,3,6H2,1-2H3. The number of likely N-dealkylation sites (N-methyl/N-ethyl adjacent to an activating group) is 1. The van der Waals surface area contributed by atoms with Crippen molar-refractivity contribution in [2.24, 2.45) is 0 Å². The number of nitrogens with one attached hydrogen (secondary N) is 1. The van der Waals surface area contributed by atoms with Gasteiger partial charge < -0.3 is 14.3 Å². The van der Waals surface area contributed by atoms with Crippen LogP contribution in [-0.4, -0.2) is 23.2 Å². The fraction of sp³-hybridized carbons (Fsp3) is 0.455. The Hall–Kier alpha value is -1.62. The number of rotatable bonds is 5. The number of nitrogens with zero attached hydrogens (tertiary/aromatic N) is 2. The fourth-order valence-electron chi connectivity index (χ4n) is 1.39. The Morgan fingerprint density at radius 2 is 2.38 bits per heavy atom. The maximum Gasteiger partial charge on any atom is 0.231 e. The predicted molar refractivity (Wildman–Crippen MR) is 59.0 cm³/mol. The van der Waals surface area contributed by atoms with E-state index < -0.39 is 0 Å². The Bertz CT molecular complexity index is 422. The minimum absolute atomic E-state index is 0.216. The molecule has 0 saturated carbocycles. The summed E-state index contributed by atoms with van der Waals surface area (Å²) in [6.45, 7) is 5.89. The summed E-state index contributed by atoms with van der Waals surface area (Å²) >= 11 is 0. The molecule has 0 fully saturated rings. The zero-order valence-electron chi connectivity index (χ0n) is 9.43. The molecule has 0 aliphatic rings. The minimum Gasteiger partial charge on any atom is -0.472 e. The first kappa shape index (κ1) is 10.9. The van der Waals surface area contributed by atoms with Gasteiger partial charge in [-0.1, -0.05) is 19.0 Å². The Morgan fingerprint density at radius 3 is 3.06 bits per heavy atom. The second kappa shape index (κ2) is 4.94. The lowest BCUT2D eigenvalue weighted by atomic mass is 10.2. The molecule has 0 aromatic carbocycles. The van der Waals surface area contributed by atoms with Crippen molar-refractivity contribution in [3.63, 3.8) is 0 Å². The summed E-state index contributed by atoms with van der Waals surface area (Å²) in [5, 5.41) is 7.16. The molecule has 1 N–H and O–H groups in total. The van der Waals surface area contributed by atoms with Gasteiger partial charge in [-0.2, -0.15) is 4.98 Å². The molecule has 16 heavy (non-hydrogen) atoms. The van der Waals surface area contributed by atoms with Gasteiger partial charge in [0.05, 0.1) is 11.8 Å². The highest BCUT2D eigenvalue weighted by atomic mass is 16.5. The highest BCUT2D eigenvalue weighted by molar-refractivity contribution is 5.51. The van der Waals surface area contributed by atoms with Crippen molar-refractivity contribution in [1.82, 2.24) is 15.5 Å². The van der Waals surface area contributed by atoms with Crippen LogP contribution in [0.1, 0.15) is 25.7 Å². The fourth-order valence-corrected chi connectivity index (χ4v) is 1.39. The summed E-state index contributed by atoms with van der Waals surface area (Å²) in [5.74, 6) is 1.44. The Kier molecular flexibility index (Phi) is 3.36. The van der Waals surface area contributed by atoms with E-state index in [1.54, 1.807) is 12.5 Å². The summed E-state index contributed by atoms with van der Waals surface area (Å²) < 4.78 is 10.2. The molecule has 0 bridgehead atoms. The zero-order valence-corrected chi connectivity index (χ0v) is 9.43. The summed E-state index contributed by atoms with van der Waals surface area (Å²) in [6, 6.07) is 1.81. The molecule has 0 saturated heterocycles. The van der Waals surface area contributed by atoms with Crippen LogP contribution in [0.5, 0.6) is 0 Å². The van der Waals surface area contributed by atoms with Gasteiger partial charge >= 0.3 is 0 Å². The highest BCUT2D eigenvalue weighted by Crippen LogP contribution is 2.19. The number of furan rings is 1. The first-order valence-electron chi connectivity index (χ1n) is 5.38. The molecule has 0 aliphatic heterocycles. The van der Waals surface area contributed by atoms with Crippen molar-refractivity contribution in [2.75, 3.05) is 13.1 Å². The minimum atomic E-state index is 0.216. The summed E-state index contributed by atoms with van der Waals surface area (Å²) in [7, 11) is 0. The Morgan fingerprint density at radius 1 is 1.50 bits per heavy atom. The molecule has 2 aromatic heterocycles. The largest absolute Gasteiger partial charge is 0.472 e. The second-order valence-electron chi connectivity index (χ2n) is 3.68. The van der Waals surface area contributed by atoms with Crippen molar-refractivity contribution in [3.8, 4) is 11.4 Å². The molecule has 0 spiro atoms. The molecule has 2 heterocycles. The van der Waals surface area contributed by atoms with Gasteiger partial charge in [0.15, 0.2) is 0 Å². The maximum atomic E-state index is 5.20. The van der Waals surface area contributed by atoms with Crippen molar-refractivity contribution in [3.05, 3.63) is 24.5 Å². The summed E-state index contributed by atoms with van der Waals surface area (Å²) in [6.07, 6.45) is 3.19. The second-order valence-corrected chi connectivity index (χ2v) is 3.68. The van der Waals surface area contributed by atoms with Crippen LogP contribution in [0.25, 0.3) is 11.4 Å². The Labute approximate surface area is 93.8 Å². The first-order chi connectivity index (χ1) is 7.81. The third-order valence-corrected chi connectivity index (χ3v) is 2.34. The molecule has 1 unspecified atom stereocenters. The molecule has 2 rings (SSSR count). The molecule has 0 aliphatic carbocycles. The van der Waals surface area contributed by atoms with Crippen LogP contribution in [-0.2, 0) is 0 Å². The van der Waals surface area contributed by atoms with E-state index in [1.807, 2.05) is 6.07 Å². The van der Waals surface area contributed by atoms with E-state index in [9.17, 15) is 0 Å². The van der Waals surface area contributed by atoms with E-state index in [2.05, 4.69) is 29.3 Å². The Balaban J connectivity index is 2.07. The number of hydrogen-bond donors (Lipinski definition) is 1. The predicted octanol–water partition coefficient (Wildman–Crippen LogP) is 2.04. The van der Waals surface area contributed by atoms with Crippen molar-refractivity contribution >= 4 is 0 Å². The van der Waals surface area contributed by atoms with Crippen molar-refractivity contribution < 1.29 is 8.94 Å². The zero-order chi connectivity index (χ0) is 11.4. The van der Waals surface area contributed by atoms with Crippen molar-refractivity contribution in [2.45, 2.75) is 19.8 Å². The van der Waals surface area contributed by atoms with Crippen LogP contribution < -0.4 is 5.32 Å². The van der Waals surface area contributed by atoms with Crippen molar-refractivity contribution in [1.29, 1.82) is 0 Å². The lowest BCUT2D eigenvalue weighted by Crippen LogP contribution is -2.19. The molecule has 0 radical (unpaired) electrons. The molecule has 1 atom stereocenters. The quantitative estimate of drug-likeness (QED) is 0.837. The molecule has 5 nitrogen and oxygen atoms in total. The van der Waals surface area contributed by atoms with E-state index >= 15 is 0 Å². The van der Waals surface area contributed by atoms with Gasteiger partial charge in [-0.3, -0.25) is 0 Å². The van der Waals surface area contributed by atoms with E-state index in [4.69, 9.17) is 8.94 Å². The third kappa shape index (κ3) is 2.30. The van der Waals surface area contributed by atoms with E-state index in [1.165, 1.54) is 0 Å². The normalized spacial score (nSPS) is 12.9.